The number of nitrogens with zero attached hydrogens (tertiary/aromatic N) is 2. The third-order valence-electron chi connectivity index (χ3n) is 2.45. The van der Waals surface area contributed by atoms with E-state index in [1.54, 1.807) is 0 Å². The molecular weight excluding hydrogens is 283 g/mol. The van der Waals surface area contributed by atoms with Gasteiger partial charge in [-0.3, -0.25) is 0 Å². The lowest BCUT2D eigenvalue weighted by Gasteiger charge is -2.12. The number of benzene rings is 1. The van der Waals surface area contributed by atoms with E-state index >= 15 is 0 Å². The van der Waals surface area contributed by atoms with Crippen LogP contribution in [0.15, 0.2) is 18.2 Å². The first kappa shape index (κ1) is 14.4. The monoisotopic (exact) mass is 296 g/mol. The van der Waals surface area contributed by atoms with Crippen LogP contribution in [0.1, 0.15) is 37.0 Å². The van der Waals surface area contributed by atoms with Gasteiger partial charge in [0, 0.05) is 16.9 Å². The molecule has 0 aliphatic carbocycles. The van der Waals surface area contributed by atoms with Crippen LogP contribution in [-0.2, 0) is 5.41 Å². The summed E-state index contributed by atoms with van der Waals surface area (Å²) >= 11 is 1.03. The number of aromatic carboxylic acids is 1. The minimum absolute atomic E-state index is 0.0375. The zero-order chi connectivity index (χ0) is 14.9. The second-order valence-electron chi connectivity index (χ2n) is 5.18. The topological polar surface area (TPSA) is 72.3 Å². The molecule has 0 saturated carbocycles. The van der Waals surface area contributed by atoms with Gasteiger partial charge in [0.15, 0.2) is 5.82 Å². The highest BCUT2D eigenvalue weighted by atomic mass is 32.1. The number of carboxylic acid groups (broad SMARTS) is 1. The van der Waals surface area contributed by atoms with E-state index in [0.29, 0.717) is 5.82 Å². The fourth-order valence-electron chi connectivity index (χ4n) is 1.41. The Balaban J connectivity index is 2.31. The molecule has 7 heteroatoms. The van der Waals surface area contributed by atoms with E-state index < -0.39 is 11.8 Å². The summed E-state index contributed by atoms with van der Waals surface area (Å²) in [7, 11) is 0. The normalized spacial score (nSPS) is 11.4. The van der Waals surface area contributed by atoms with E-state index in [2.05, 4.69) is 9.36 Å². The lowest BCUT2D eigenvalue weighted by Crippen LogP contribution is -2.13. The molecule has 0 unspecified atom stereocenters. The Kier molecular flexibility index (Phi) is 3.71. The molecule has 0 radical (unpaired) electrons. The van der Waals surface area contributed by atoms with Gasteiger partial charge in [-0.25, -0.2) is 9.18 Å². The number of rotatable bonds is 3. The molecule has 1 N–H and O–H groups in total. The van der Waals surface area contributed by atoms with Crippen molar-refractivity contribution < 1.29 is 19.0 Å². The molecule has 1 aromatic carbocycles. The van der Waals surface area contributed by atoms with Crippen LogP contribution < -0.4 is 4.74 Å². The highest BCUT2D eigenvalue weighted by molar-refractivity contribution is 7.07. The van der Waals surface area contributed by atoms with Crippen molar-refractivity contribution in [2.75, 3.05) is 0 Å². The summed E-state index contributed by atoms with van der Waals surface area (Å²) in [5.41, 5.74) is -0.478. The number of carbonyl (C=O) groups is 1. The third-order valence-corrected chi connectivity index (χ3v) is 3.04. The number of halogens is 1. The molecule has 2 rings (SSSR count). The van der Waals surface area contributed by atoms with Crippen molar-refractivity contribution in [1.29, 1.82) is 0 Å². The number of hydrogen-bond donors (Lipinski definition) is 1. The van der Waals surface area contributed by atoms with Gasteiger partial charge in [0.25, 0.3) is 5.19 Å². The highest BCUT2D eigenvalue weighted by Gasteiger charge is 2.21. The van der Waals surface area contributed by atoms with E-state index in [1.165, 1.54) is 6.07 Å². The van der Waals surface area contributed by atoms with Gasteiger partial charge in [0.05, 0.1) is 0 Å². The minimum atomic E-state index is -1.26. The molecule has 0 spiro atoms. The average Bonchev–Trinajstić information content (AvgIpc) is 2.79. The van der Waals surface area contributed by atoms with Crippen molar-refractivity contribution in [2.24, 2.45) is 0 Å². The minimum Gasteiger partial charge on any atom is -0.478 e. The van der Waals surface area contributed by atoms with Crippen molar-refractivity contribution in [1.82, 2.24) is 9.36 Å². The molecule has 0 fully saturated rings. The molecule has 0 amide bonds. The van der Waals surface area contributed by atoms with Crippen molar-refractivity contribution in [3.8, 4) is 10.9 Å². The van der Waals surface area contributed by atoms with Crippen molar-refractivity contribution in [3.05, 3.63) is 35.4 Å². The van der Waals surface area contributed by atoms with Crippen LogP contribution >= 0.6 is 11.5 Å². The molecule has 1 heterocycles. The molecule has 0 aliphatic rings. The second kappa shape index (κ2) is 5.16. The maximum Gasteiger partial charge on any atom is 0.339 e. The standard InChI is InChI=1S/C13H13FN2O3S/c1-13(2,3)11-15-12(20-16-11)19-9-5-4-7(14)6-8(9)10(17)18/h4-6H,1-3H3,(H,17,18). The summed E-state index contributed by atoms with van der Waals surface area (Å²) in [5, 5.41) is 9.25. The zero-order valence-electron chi connectivity index (χ0n) is 11.2. The Morgan fingerprint density at radius 3 is 2.65 bits per heavy atom. The SMILES string of the molecule is CC(C)(C)c1nsc(Oc2ccc(F)cc2C(=O)O)n1. The van der Waals surface area contributed by atoms with Gasteiger partial charge >= 0.3 is 5.97 Å². The van der Waals surface area contributed by atoms with Crippen LogP contribution in [0.3, 0.4) is 0 Å². The molecule has 106 valence electrons. The molecule has 5 nitrogen and oxygen atoms in total. The Bertz CT molecular complexity index is 649. The number of carboxylic acids is 1. The second-order valence-corrected chi connectivity index (χ2v) is 5.90. The zero-order valence-corrected chi connectivity index (χ0v) is 12.0. The maximum atomic E-state index is 13.1. The molecule has 0 atom stereocenters. The van der Waals surface area contributed by atoms with Gasteiger partial charge in [0.2, 0.25) is 0 Å². The van der Waals surface area contributed by atoms with E-state index in [1.807, 2.05) is 20.8 Å². The number of ether oxygens (including phenoxy) is 1. The van der Waals surface area contributed by atoms with Crippen LogP contribution in [0.5, 0.6) is 10.9 Å². The molecule has 2 aromatic rings. The molecular formula is C13H13FN2O3S. The van der Waals surface area contributed by atoms with Crippen molar-refractivity contribution in [3.63, 3.8) is 0 Å². The summed E-state index contributed by atoms with van der Waals surface area (Å²) in [6, 6.07) is 3.30. The van der Waals surface area contributed by atoms with E-state index in [4.69, 9.17) is 9.84 Å². The van der Waals surface area contributed by atoms with Gasteiger partial charge in [0.1, 0.15) is 17.1 Å². The fraction of sp³-hybridized carbons (Fsp3) is 0.308. The smallest absolute Gasteiger partial charge is 0.339 e. The van der Waals surface area contributed by atoms with Gasteiger partial charge in [-0.05, 0) is 18.2 Å². The van der Waals surface area contributed by atoms with E-state index in [-0.39, 0.29) is 21.9 Å². The van der Waals surface area contributed by atoms with Crippen molar-refractivity contribution >= 4 is 17.5 Å². The first-order valence-electron chi connectivity index (χ1n) is 5.82. The first-order chi connectivity index (χ1) is 9.27. The van der Waals surface area contributed by atoms with Crippen LogP contribution in [0.2, 0.25) is 0 Å². The fourth-order valence-corrected chi connectivity index (χ4v) is 2.14. The molecule has 0 aliphatic heterocycles. The lowest BCUT2D eigenvalue weighted by molar-refractivity contribution is 0.0693. The summed E-state index contributed by atoms with van der Waals surface area (Å²) in [4.78, 5) is 15.2. The summed E-state index contributed by atoms with van der Waals surface area (Å²) in [6.45, 7) is 5.87. The third kappa shape index (κ3) is 3.11. The van der Waals surface area contributed by atoms with Crippen LogP contribution in [0.4, 0.5) is 4.39 Å². The van der Waals surface area contributed by atoms with E-state index in [0.717, 1.165) is 23.7 Å². The average molecular weight is 296 g/mol. The largest absolute Gasteiger partial charge is 0.478 e. The van der Waals surface area contributed by atoms with Crippen LogP contribution in [0, 0.1) is 5.82 Å². The van der Waals surface area contributed by atoms with Gasteiger partial charge in [-0.15, -0.1) is 0 Å². The van der Waals surface area contributed by atoms with E-state index in [9.17, 15) is 9.18 Å². The molecule has 0 bridgehead atoms. The number of hydrogen-bond acceptors (Lipinski definition) is 5. The van der Waals surface area contributed by atoms with Gasteiger partial charge in [-0.1, -0.05) is 20.8 Å². The van der Waals surface area contributed by atoms with Gasteiger partial charge < -0.3 is 9.84 Å². The highest BCUT2D eigenvalue weighted by Crippen LogP contribution is 2.30. The summed E-state index contributed by atoms with van der Waals surface area (Å²) in [6.07, 6.45) is 0. The Morgan fingerprint density at radius 2 is 2.10 bits per heavy atom. The van der Waals surface area contributed by atoms with Crippen LogP contribution in [-0.4, -0.2) is 20.4 Å². The molecule has 0 saturated heterocycles. The molecule has 20 heavy (non-hydrogen) atoms. The Morgan fingerprint density at radius 1 is 1.40 bits per heavy atom. The lowest BCUT2D eigenvalue weighted by atomic mass is 9.96. The summed E-state index contributed by atoms with van der Waals surface area (Å²) in [5.74, 6) is -1.26. The summed E-state index contributed by atoms with van der Waals surface area (Å²) < 4.78 is 22.6. The molecule has 1 aromatic heterocycles. The van der Waals surface area contributed by atoms with Gasteiger partial charge in [-0.2, -0.15) is 9.36 Å². The quantitative estimate of drug-likeness (QED) is 0.939. The maximum absolute atomic E-state index is 13.1. The number of aromatic nitrogens is 2. The van der Waals surface area contributed by atoms with Crippen LogP contribution in [0.25, 0.3) is 0 Å². The van der Waals surface area contributed by atoms with Crippen molar-refractivity contribution in [2.45, 2.75) is 26.2 Å². The Hall–Kier alpha value is -2.02. The predicted molar refractivity (Wildman–Crippen MR) is 72.0 cm³/mol. The predicted octanol–water partition coefficient (Wildman–Crippen LogP) is 3.47. The first-order valence-corrected chi connectivity index (χ1v) is 6.59. The Labute approximate surface area is 119 Å².